The van der Waals surface area contributed by atoms with E-state index in [1.807, 2.05) is 20.8 Å². The van der Waals surface area contributed by atoms with Gasteiger partial charge in [-0.15, -0.1) is 0 Å². The summed E-state index contributed by atoms with van der Waals surface area (Å²) in [5, 5.41) is 3.47. The molecule has 0 heterocycles. The molecule has 0 spiro atoms. The van der Waals surface area contributed by atoms with E-state index in [9.17, 15) is 4.79 Å². The molecule has 1 aromatic carbocycles. The van der Waals surface area contributed by atoms with Gasteiger partial charge in [-0.1, -0.05) is 37.7 Å². The van der Waals surface area contributed by atoms with Gasteiger partial charge in [-0.05, 0) is 36.6 Å². The Hall–Kier alpha value is -1.13. The van der Waals surface area contributed by atoms with Crippen LogP contribution in [0.15, 0.2) is 18.2 Å². The Bertz CT molecular complexity index is 474. The Balaban J connectivity index is 2.89. The van der Waals surface area contributed by atoms with E-state index in [1.165, 1.54) is 0 Å². The third kappa shape index (κ3) is 3.68. The minimum Gasteiger partial charge on any atom is -0.393 e. The van der Waals surface area contributed by atoms with Crippen LogP contribution in [0.1, 0.15) is 19.4 Å². The van der Waals surface area contributed by atoms with Crippen molar-refractivity contribution in [1.29, 1.82) is 0 Å². The molecule has 18 heavy (non-hydrogen) atoms. The summed E-state index contributed by atoms with van der Waals surface area (Å²) in [6, 6.07) is 5.30. The minimum atomic E-state index is -0.463. The minimum absolute atomic E-state index is 0.0649. The first-order valence-electron chi connectivity index (χ1n) is 5.69. The molecule has 1 atom stereocenters. The summed E-state index contributed by atoms with van der Waals surface area (Å²) in [6.07, 6.45) is 0. The van der Waals surface area contributed by atoms with E-state index >= 15 is 0 Å². The van der Waals surface area contributed by atoms with Crippen molar-refractivity contribution < 1.29 is 4.79 Å². The third-order valence-electron chi connectivity index (χ3n) is 2.70. The zero-order valence-electron chi connectivity index (χ0n) is 10.7. The van der Waals surface area contributed by atoms with Crippen LogP contribution < -0.4 is 11.1 Å². The number of nitrogens with one attached hydrogen (secondary N) is 1. The van der Waals surface area contributed by atoms with Crippen LogP contribution in [0.5, 0.6) is 0 Å². The second-order valence-corrected chi connectivity index (χ2v) is 5.48. The second kappa shape index (κ2) is 6.16. The molecule has 5 heteroatoms. The maximum Gasteiger partial charge on any atom is 0.234 e. The van der Waals surface area contributed by atoms with Gasteiger partial charge in [0.1, 0.15) is 0 Å². The average molecular weight is 285 g/mol. The molecule has 0 aliphatic heterocycles. The van der Waals surface area contributed by atoms with Gasteiger partial charge >= 0.3 is 0 Å². The number of benzene rings is 1. The number of thiocarbonyl (C=S) groups is 1. The number of nitrogens with two attached hydrogens (primary N) is 1. The molecular formula is C13H17ClN2OS. The van der Waals surface area contributed by atoms with Crippen LogP contribution in [-0.2, 0) is 4.79 Å². The molecule has 3 N–H and O–H groups in total. The van der Waals surface area contributed by atoms with Crippen LogP contribution in [0.2, 0.25) is 5.02 Å². The first-order chi connectivity index (χ1) is 8.32. The highest BCUT2D eigenvalue weighted by molar-refractivity contribution is 7.80. The fourth-order valence-corrected chi connectivity index (χ4v) is 2.34. The van der Waals surface area contributed by atoms with Gasteiger partial charge in [0.25, 0.3) is 0 Å². The van der Waals surface area contributed by atoms with Crippen molar-refractivity contribution in [2.75, 3.05) is 5.32 Å². The highest BCUT2D eigenvalue weighted by atomic mass is 35.5. The van der Waals surface area contributed by atoms with Crippen LogP contribution >= 0.6 is 23.8 Å². The molecule has 0 aliphatic carbocycles. The highest BCUT2D eigenvalue weighted by Crippen LogP contribution is 2.21. The van der Waals surface area contributed by atoms with E-state index < -0.39 is 5.92 Å². The summed E-state index contributed by atoms with van der Waals surface area (Å²) >= 11 is 10.8. The fraction of sp³-hybridized carbons (Fsp3) is 0.385. The number of hydrogen-bond donors (Lipinski definition) is 2. The fourth-order valence-electron chi connectivity index (χ4n) is 1.74. The molecule has 0 aromatic heterocycles. The summed E-state index contributed by atoms with van der Waals surface area (Å²) < 4.78 is 0. The standard InChI is InChI=1S/C13H17ClN2OS/c1-7(2)11(12(15)18)13(17)16-10-5-4-9(14)6-8(10)3/h4-7,11H,1-3H3,(H2,15,18)(H,16,17). The molecule has 0 bridgehead atoms. The van der Waals surface area contributed by atoms with Crippen molar-refractivity contribution in [2.24, 2.45) is 17.6 Å². The molecule has 0 saturated heterocycles. The number of carbonyl (C=O) groups excluding carboxylic acids is 1. The molecule has 98 valence electrons. The van der Waals surface area contributed by atoms with Crippen LogP contribution in [0, 0.1) is 18.8 Å². The second-order valence-electron chi connectivity index (χ2n) is 4.57. The van der Waals surface area contributed by atoms with Crippen molar-refractivity contribution in [1.82, 2.24) is 0 Å². The summed E-state index contributed by atoms with van der Waals surface area (Å²) in [7, 11) is 0. The number of amides is 1. The molecule has 0 saturated carbocycles. The van der Waals surface area contributed by atoms with Gasteiger partial charge in [0.05, 0.1) is 10.9 Å². The van der Waals surface area contributed by atoms with Gasteiger partial charge < -0.3 is 11.1 Å². The lowest BCUT2D eigenvalue weighted by molar-refractivity contribution is -0.118. The van der Waals surface area contributed by atoms with Gasteiger partial charge in [-0.2, -0.15) is 0 Å². The van der Waals surface area contributed by atoms with Crippen LogP contribution in [0.25, 0.3) is 0 Å². The first-order valence-corrected chi connectivity index (χ1v) is 6.48. The summed E-state index contributed by atoms with van der Waals surface area (Å²) in [6.45, 7) is 5.71. The quantitative estimate of drug-likeness (QED) is 0.835. The number of halogens is 1. The average Bonchev–Trinajstić information content (AvgIpc) is 2.21. The lowest BCUT2D eigenvalue weighted by Crippen LogP contribution is -2.36. The first kappa shape index (κ1) is 14.9. The molecule has 1 rings (SSSR count). The number of anilines is 1. The number of hydrogen-bond acceptors (Lipinski definition) is 2. The molecule has 0 aliphatic rings. The number of rotatable bonds is 4. The van der Waals surface area contributed by atoms with Gasteiger partial charge in [-0.3, -0.25) is 4.79 Å². The highest BCUT2D eigenvalue weighted by Gasteiger charge is 2.25. The van der Waals surface area contributed by atoms with Gasteiger partial charge in [-0.25, -0.2) is 0 Å². The SMILES string of the molecule is Cc1cc(Cl)ccc1NC(=O)C(C(N)=S)C(C)C. The van der Waals surface area contributed by atoms with E-state index in [0.29, 0.717) is 5.02 Å². The topological polar surface area (TPSA) is 55.1 Å². The zero-order chi connectivity index (χ0) is 13.9. The van der Waals surface area contributed by atoms with Gasteiger partial charge in [0.15, 0.2) is 0 Å². The summed E-state index contributed by atoms with van der Waals surface area (Å²) in [4.78, 5) is 12.3. The third-order valence-corrected chi connectivity index (χ3v) is 3.19. The largest absolute Gasteiger partial charge is 0.393 e. The molecule has 0 radical (unpaired) electrons. The van der Waals surface area contributed by atoms with Crippen molar-refractivity contribution >= 4 is 40.4 Å². The Kier molecular flexibility index (Phi) is 5.11. The molecule has 0 fully saturated rings. The van der Waals surface area contributed by atoms with Gasteiger partial charge in [0.2, 0.25) is 5.91 Å². The number of carbonyl (C=O) groups is 1. The van der Waals surface area contributed by atoms with Crippen LogP contribution in [0.4, 0.5) is 5.69 Å². The maximum atomic E-state index is 12.1. The van der Waals surface area contributed by atoms with E-state index in [0.717, 1.165) is 11.3 Å². The lowest BCUT2D eigenvalue weighted by Gasteiger charge is -2.19. The molecular weight excluding hydrogens is 268 g/mol. The Morgan fingerprint density at radius 3 is 2.50 bits per heavy atom. The van der Waals surface area contributed by atoms with Crippen LogP contribution in [-0.4, -0.2) is 10.9 Å². The van der Waals surface area contributed by atoms with E-state index in [4.69, 9.17) is 29.6 Å². The van der Waals surface area contributed by atoms with Crippen LogP contribution in [0.3, 0.4) is 0 Å². The zero-order valence-corrected chi connectivity index (χ0v) is 12.2. The molecule has 1 aromatic rings. The van der Waals surface area contributed by atoms with Crippen molar-refractivity contribution in [3.05, 3.63) is 28.8 Å². The Morgan fingerprint density at radius 1 is 1.44 bits per heavy atom. The van der Waals surface area contributed by atoms with E-state index in [1.54, 1.807) is 18.2 Å². The monoisotopic (exact) mass is 284 g/mol. The maximum absolute atomic E-state index is 12.1. The Morgan fingerprint density at radius 2 is 2.06 bits per heavy atom. The lowest BCUT2D eigenvalue weighted by atomic mass is 9.95. The smallest absolute Gasteiger partial charge is 0.234 e. The van der Waals surface area contributed by atoms with Crippen molar-refractivity contribution in [2.45, 2.75) is 20.8 Å². The molecule has 1 unspecified atom stereocenters. The van der Waals surface area contributed by atoms with Gasteiger partial charge in [0, 0.05) is 10.7 Å². The molecule has 3 nitrogen and oxygen atoms in total. The van der Waals surface area contributed by atoms with E-state index in [-0.39, 0.29) is 16.8 Å². The summed E-state index contributed by atoms with van der Waals surface area (Å²) in [5.74, 6) is -0.576. The van der Waals surface area contributed by atoms with Crippen molar-refractivity contribution in [3.63, 3.8) is 0 Å². The predicted molar refractivity (Wildman–Crippen MR) is 79.9 cm³/mol. The van der Waals surface area contributed by atoms with Crippen molar-refractivity contribution in [3.8, 4) is 0 Å². The normalized spacial score (nSPS) is 12.3. The number of aryl methyl sites for hydroxylation is 1. The van der Waals surface area contributed by atoms with E-state index in [2.05, 4.69) is 5.32 Å². The Labute approximate surface area is 118 Å². The molecule has 1 amide bonds. The summed E-state index contributed by atoms with van der Waals surface area (Å²) in [5.41, 5.74) is 7.24. The predicted octanol–water partition coefficient (Wildman–Crippen LogP) is 3.15.